The van der Waals surface area contributed by atoms with Crippen molar-refractivity contribution < 1.29 is 22.0 Å². The number of aromatic nitrogens is 6. The van der Waals surface area contributed by atoms with Crippen molar-refractivity contribution in [3.63, 3.8) is 0 Å². The third kappa shape index (κ3) is 4.54. The number of aromatic amines is 1. The van der Waals surface area contributed by atoms with Crippen LogP contribution in [0.2, 0.25) is 0 Å². The molecule has 44 heavy (non-hydrogen) atoms. The first-order valence-electron chi connectivity index (χ1n) is 13.9. The van der Waals surface area contributed by atoms with Crippen molar-refractivity contribution in [1.82, 2.24) is 34.7 Å². The molecule has 6 heterocycles. The molecule has 0 aliphatic carbocycles. The van der Waals surface area contributed by atoms with E-state index in [1.807, 2.05) is 4.90 Å². The fourth-order valence-electron chi connectivity index (χ4n) is 6.61. The van der Waals surface area contributed by atoms with E-state index in [1.165, 1.54) is 29.0 Å². The van der Waals surface area contributed by atoms with Crippen LogP contribution in [0.1, 0.15) is 47.8 Å². The van der Waals surface area contributed by atoms with Crippen LogP contribution in [0.3, 0.4) is 0 Å². The lowest BCUT2D eigenvalue weighted by atomic mass is 9.87. The average Bonchev–Trinajstić information content (AvgIpc) is 3.67. The number of nitrogens with one attached hydrogen (secondary N) is 1. The van der Waals surface area contributed by atoms with Gasteiger partial charge in [-0.05, 0) is 43.9 Å². The molecule has 1 amide bonds. The first kappa shape index (κ1) is 27.9. The van der Waals surface area contributed by atoms with Crippen LogP contribution < -0.4 is 11.5 Å². The number of hydrogen-bond donors (Lipinski definition) is 3. The molecule has 2 aliphatic heterocycles. The zero-order chi connectivity index (χ0) is 30.9. The van der Waals surface area contributed by atoms with Gasteiger partial charge in [0.25, 0.3) is 5.91 Å². The molecule has 226 valence electrons. The minimum Gasteiger partial charge on any atom is -0.382 e. The molecule has 3 atom stereocenters. The summed E-state index contributed by atoms with van der Waals surface area (Å²) < 4.78 is 55.2. The number of anilines is 2. The molecule has 2 aliphatic rings. The second-order valence-electron chi connectivity index (χ2n) is 11.3. The van der Waals surface area contributed by atoms with Gasteiger partial charge in [-0.1, -0.05) is 6.07 Å². The fourth-order valence-corrected chi connectivity index (χ4v) is 7.66. The van der Waals surface area contributed by atoms with Gasteiger partial charge in [0.05, 0.1) is 17.6 Å². The molecule has 2 fully saturated rings. The number of benzene rings is 1. The molecule has 0 spiro atoms. The molecule has 15 heteroatoms. The SMILES string of the molecule is CS(=O)(=O)c1c([C@@H]2C[C@H]3CC[C@@H](C2)N3C(=O)c2cc(N)n[nH]2)nc2c(-c3ccc(-c4ccc(F)cc4F)nc3)cnn2c1N. The first-order chi connectivity index (χ1) is 21.0. The number of pyridine rings is 1. The second kappa shape index (κ2) is 10.1. The molecule has 5 N–H and O–H groups in total. The number of nitrogens with two attached hydrogens (primary N) is 2. The van der Waals surface area contributed by atoms with Crippen molar-refractivity contribution in [1.29, 1.82) is 0 Å². The summed E-state index contributed by atoms with van der Waals surface area (Å²) in [6.45, 7) is 0. The van der Waals surface area contributed by atoms with E-state index in [0.717, 1.165) is 31.2 Å². The summed E-state index contributed by atoms with van der Waals surface area (Å²) in [5, 5.41) is 10.9. The van der Waals surface area contributed by atoms with Gasteiger partial charge in [0, 0.05) is 59.3 Å². The maximum absolute atomic E-state index is 14.3. The number of carbonyl (C=O) groups excluding carboxylic acids is 1. The molecule has 2 saturated heterocycles. The second-order valence-corrected chi connectivity index (χ2v) is 13.3. The van der Waals surface area contributed by atoms with Gasteiger partial charge in [0.1, 0.15) is 33.9 Å². The number of carbonyl (C=O) groups is 1. The van der Waals surface area contributed by atoms with Gasteiger partial charge in [-0.25, -0.2) is 22.2 Å². The molecule has 4 aromatic heterocycles. The number of rotatable bonds is 5. The quantitative estimate of drug-likeness (QED) is 0.265. The van der Waals surface area contributed by atoms with Gasteiger partial charge in [0.15, 0.2) is 15.5 Å². The Morgan fingerprint density at radius 2 is 1.77 bits per heavy atom. The first-order valence-corrected chi connectivity index (χ1v) is 15.8. The summed E-state index contributed by atoms with van der Waals surface area (Å²) in [5.74, 6) is -1.73. The van der Waals surface area contributed by atoms with Crippen molar-refractivity contribution in [3.8, 4) is 22.4 Å². The summed E-state index contributed by atoms with van der Waals surface area (Å²) in [5.41, 5.74) is 14.8. The summed E-state index contributed by atoms with van der Waals surface area (Å²) >= 11 is 0. The van der Waals surface area contributed by atoms with Crippen molar-refractivity contribution >= 4 is 33.0 Å². The van der Waals surface area contributed by atoms with Gasteiger partial charge in [-0.3, -0.25) is 14.9 Å². The fraction of sp³-hybridized carbons (Fsp3) is 0.276. The zero-order valence-electron chi connectivity index (χ0n) is 23.4. The Morgan fingerprint density at radius 1 is 1.02 bits per heavy atom. The van der Waals surface area contributed by atoms with Crippen LogP contribution in [0, 0.1) is 11.6 Å². The predicted molar refractivity (Wildman–Crippen MR) is 157 cm³/mol. The number of halogens is 2. The average molecular weight is 620 g/mol. The van der Waals surface area contributed by atoms with Crippen LogP contribution in [0.4, 0.5) is 20.4 Å². The Labute approximate surface area is 250 Å². The lowest BCUT2D eigenvalue weighted by molar-refractivity contribution is 0.0562. The van der Waals surface area contributed by atoms with Crippen molar-refractivity contribution in [2.24, 2.45) is 0 Å². The Bertz CT molecular complexity index is 2050. The summed E-state index contributed by atoms with van der Waals surface area (Å²) in [4.78, 5) is 24.3. The number of amides is 1. The molecule has 1 aromatic carbocycles. The third-order valence-corrected chi connectivity index (χ3v) is 9.66. The van der Waals surface area contributed by atoms with E-state index in [2.05, 4.69) is 20.3 Å². The van der Waals surface area contributed by atoms with Crippen molar-refractivity contribution in [2.45, 2.75) is 48.6 Å². The van der Waals surface area contributed by atoms with Crippen molar-refractivity contribution in [2.75, 3.05) is 17.7 Å². The number of piperidine rings is 1. The summed E-state index contributed by atoms with van der Waals surface area (Å²) in [7, 11) is -3.82. The number of hydrogen-bond acceptors (Lipinski definition) is 9. The van der Waals surface area contributed by atoms with E-state index in [4.69, 9.17) is 16.5 Å². The van der Waals surface area contributed by atoms with Gasteiger partial charge in [-0.2, -0.15) is 14.7 Å². The number of nitrogen functional groups attached to an aromatic ring is 2. The van der Waals surface area contributed by atoms with Crippen LogP contribution in [0.5, 0.6) is 0 Å². The number of nitrogens with zero attached hydrogens (tertiary/aromatic N) is 6. The van der Waals surface area contributed by atoms with E-state index in [9.17, 15) is 22.0 Å². The van der Waals surface area contributed by atoms with E-state index >= 15 is 0 Å². The summed E-state index contributed by atoms with van der Waals surface area (Å²) in [6.07, 6.45) is 6.67. The third-order valence-electron chi connectivity index (χ3n) is 8.50. The molecule has 0 saturated carbocycles. The minimum atomic E-state index is -3.82. The Hall–Kier alpha value is -4.92. The normalized spacial score (nSPS) is 20.0. The molecule has 12 nitrogen and oxygen atoms in total. The molecule has 0 radical (unpaired) electrons. The minimum absolute atomic E-state index is 0.0597. The highest BCUT2D eigenvalue weighted by atomic mass is 32.2. The van der Waals surface area contributed by atoms with E-state index < -0.39 is 21.5 Å². The van der Waals surface area contributed by atoms with Crippen LogP contribution in [0.15, 0.2) is 53.7 Å². The van der Waals surface area contributed by atoms with Gasteiger partial charge in [0.2, 0.25) is 0 Å². The molecule has 0 unspecified atom stereocenters. The number of fused-ring (bicyclic) bond motifs is 3. The number of sulfone groups is 1. The number of H-pyrrole nitrogens is 1. The van der Waals surface area contributed by atoms with Gasteiger partial charge < -0.3 is 16.4 Å². The largest absolute Gasteiger partial charge is 0.382 e. The van der Waals surface area contributed by atoms with E-state index in [1.54, 1.807) is 12.1 Å². The maximum Gasteiger partial charge on any atom is 0.272 e. The monoisotopic (exact) mass is 619 g/mol. The standard InChI is InChI=1S/C29H27F2N9O3S/c1-44(42,43)26-25(15-8-17-4-5-18(9-15)39(17)29(41)23-11-24(32)38-37-23)36-28-20(13-35-40(28)27(26)33)14-2-7-22(34-12-14)19-6-3-16(30)10-21(19)31/h2-3,6-7,10-13,15,17-18H,4-5,8-9,33H2,1H3,(H3,32,37,38)/t15-,17-,18+. The summed E-state index contributed by atoms with van der Waals surface area (Å²) in [6, 6.07) is 7.82. The van der Waals surface area contributed by atoms with Crippen LogP contribution in [-0.2, 0) is 9.84 Å². The van der Waals surface area contributed by atoms with E-state index in [0.29, 0.717) is 46.7 Å². The highest BCUT2D eigenvalue weighted by Crippen LogP contribution is 2.46. The molecule has 5 aromatic rings. The van der Waals surface area contributed by atoms with Gasteiger partial charge in [-0.15, -0.1) is 0 Å². The lowest BCUT2D eigenvalue weighted by Crippen LogP contribution is -2.46. The highest BCUT2D eigenvalue weighted by Gasteiger charge is 2.46. The zero-order valence-corrected chi connectivity index (χ0v) is 24.2. The predicted octanol–water partition coefficient (Wildman–Crippen LogP) is 3.58. The lowest BCUT2D eigenvalue weighted by Gasteiger charge is -2.39. The molecule has 7 rings (SSSR count). The molecule has 2 bridgehead atoms. The highest BCUT2D eigenvalue weighted by molar-refractivity contribution is 7.91. The van der Waals surface area contributed by atoms with E-state index in [-0.39, 0.29) is 46.0 Å². The van der Waals surface area contributed by atoms with Crippen LogP contribution in [0.25, 0.3) is 28.0 Å². The molecular formula is C29H27F2N9O3S. The molecular weight excluding hydrogens is 592 g/mol. The van der Waals surface area contributed by atoms with Crippen LogP contribution in [-0.4, -0.2) is 67.3 Å². The maximum atomic E-state index is 14.3. The Balaban J connectivity index is 1.27. The van der Waals surface area contributed by atoms with Gasteiger partial charge >= 0.3 is 0 Å². The topological polar surface area (TPSA) is 178 Å². The Morgan fingerprint density at radius 3 is 2.39 bits per heavy atom. The van der Waals surface area contributed by atoms with Crippen LogP contribution >= 0.6 is 0 Å². The Kier molecular flexibility index (Phi) is 6.39. The van der Waals surface area contributed by atoms with Crippen molar-refractivity contribution in [3.05, 3.63) is 71.8 Å². The smallest absolute Gasteiger partial charge is 0.272 e.